The summed E-state index contributed by atoms with van der Waals surface area (Å²) in [6, 6.07) is 9.60. The summed E-state index contributed by atoms with van der Waals surface area (Å²) in [7, 11) is 1.63. The maximum absolute atomic E-state index is 12.7. The summed E-state index contributed by atoms with van der Waals surface area (Å²) in [6.45, 7) is 5.73. The van der Waals surface area contributed by atoms with E-state index in [2.05, 4.69) is 41.3 Å². The van der Waals surface area contributed by atoms with Crippen LogP contribution in [0.4, 0.5) is 11.4 Å². The van der Waals surface area contributed by atoms with Crippen LogP contribution in [0.5, 0.6) is 0 Å². The summed E-state index contributed by atoms with van der Waals surface area (Å²) in [6.07, 6.45) is 3.45. The SMILES string of the molecule is CC(C)c1ccc(NC(=O)C2CCCN(c3cnn(C)c(=O)c3)C2)cc1. The zero-order valence-corrected chi connectivity index (χ0v) is 15.6. The molecular weight excluding hydrogens is 328 g/mol. The van der Waals surface area contributed by atoms with E-state index in [1.807, 2.05) is 12.1 Å². The standard InChI is InChI=1S/C20H26N4O2/c1-14(2)15-6-8-17(9-7-15)22-20(26)16-5-4-10-24(13-16)18-11-19(25)23(3)21-12-18/h6-9,11-12,14,16H,4-5,10,13H2,1-3H3,(H,22,26). The lowest BCUT2D eigenvalue weighted by Gasteiger charge is -2.33. The summed E-state index contributed by atoms with van der Waals surface area (Å²) in [5.74, 6) is 0.403. The van der Waals surface area contributed by atoms with Gasteiger partial charge in [-0.1, -0.05) is 26.0 Å². The Hall–Kier alpha value is -2.63. The first-order chi connectivity index (χ1) is 12.4. The van der Waals surface area contributed by atoms with Gasteiger partial charge in [0.15, 0.2) is 0 Å². The van der Waals surface area contributed by atoms with Crippen LogP contribution in [0, 0.1) is 5.92 Å². The molecule has 0 spiro atoms. The summed E-state index contributed by atoms with van der Waals surface area (Å²) in [5, 5.41) is 7.10. The molecule has 0 saturated carbocycles. The maximum Gasteiger partial charge on any atom is 0.268 e. The Labute approximate surface area is 153 Å². The number of rotatable bonds is 4. The molecular formula is C20H26N4O2. The lowest BCUT2D eigenvalue weighted by molar-refractivity contribution is -0.120. The van der Waals surface area contributed by atoms with Crippen molar-refractivity contribution < 1.29 is 4.79 Å². The number of amides is 1. The van der Waals surface area contributed by atoms with Crippen LogP contribution in [-0.4, -0.2) is 28.8 Å². The van der Waals surface area contributed by atoms with Crippen LogP contribution in [0.1, 0.15) is 38.2 Å². The molecule has 1 aromatic carbocycles. The van der Waals surface area contributed by atoms with Crippen LogP contribution in [0.2, 0.25) is 0 Å². The minimum Gasteiger partial charge on any atom is -0.369 e. The molecule has 6 nitrogen and oxygen atoms in total. The zero-order chi connectivity index (χ0) is 18.7. The summed E-state index contributed by atoms with van der Waals surface area (Å²) >= 11 is 0. The molecule has 1 aromatic heterocycles. The van der Waals surface area contributed by atoms with E-state index in [0.717, 1.165) is 30.8 Å². The van der Waals surface area contributed by atoms with Crippen LogP contribution >= 0.6 is 0 Å². The molecule has 1 fully saturated rings. The molecule has 0 bridgehead atoms. The number of hydrogen-bond donors (Lipinski definition) is 1. The van der Waals surface area contributed by atoms with Crippen molar-refractivity contribution in [1.82, 2.24) is 9.78 Å². The van der Waals surface area contributed by atoms with Gasteiger partial charge in [0.05, 0.1) is 17.8 Å². The monoisotopic (exact) mass is 354 g/mol. The van der Waals surface area contributed by atoms with Gasteiger partial charge >= 0.3 is 0 Å². The topological polar surface area (TPSA) is 67.2 Å². The Bertz CT molecular complexity index is 826. The third kappa shape index (κ3) is 4.12. The number of carbonyl (C=O) groups is 1. The number of nitrogens with one attached hydrogen (secondary N) is 1. The van der Waals surface area contributed by atoms with Gasteiger partial charge in [-0.25, -0.2) is 4.68 Å². The first kappa shape index (κ1) is 18.2. The van der Waals surface area contributed by atoms with E-state index < -0.39 is 0 Å². The van der Waals surface area contributed by atoms with Crippen LogP contribution in [0.3, 0.4) is 0 Å². The van der Waals surface area contributed by atoms with Gasteiger partial charge in [-0.2, -0.15) is 5.10 Å². The summed E-state index contributed by atoms with van der Waals surface area (Å²) in [4.78, 5) is 26.5. The van der Waals surface area contributed by atoms with Crippen molar-refractivity contribution in [3.8, 4) is 0 Å². The van der Waals surface area contributed by atoms with E-state index in [0.29, 0.717) is 12.5 Å². The number of benzene rings is 1. The number of carbonyl (C=O) groups excluding carboxylic acids is 1. The van der Waals surface area contributed by atoms with Crippen molar-refractivity contribution in [1.29, 1.82) is 0 Å². The first-order valence-electron chi connectivity index (χ1n) is 9.13. The molecule has 1 aliphatic heterocycles. The van der Waals surface area contributed by atoms with Crippen LogP contribution in [0.25, 0.3) is 0 Å². The van der Waals surface area contributed by atoms with Gasteiger partial charge in [-0.05, 0) is 36.5 Å². The van der Waals surface area contributed by atoms with E-state index in [1.54, 1.807) is 19.3 Å². The average molecular weight is 354 g/mol. The molecule has 6 heteroatoms. The molecule has 1 aliphatic rings. The second-order valence-corrected chi connectivity index (χ2v) is 7.23. The van der Waals surface area contributed by atoms with Crippen LogP contribution in [0.15, 0.2) is 41.3 Å². The van der Waals surface area contributed by atoms with Crippen molar-refractivity contribution >= 4 is 17.3 Å². The third-order valence-electron chi connectivity index (χ3n) is 4.96. The van der Waals surface area contributed by atoms with Crippen molar-refractivity contribution in [3.05, 3.63) is 52.4 Å². The van der Waals surface area contributed by atoms with Gasteiger partial charge < -0.3 is 10.2 Å². The number of nitrogens with zero attached hydrogens (tertiary/aromatic N) is 3. The molecule has 1 saturated heterocycles. The second-order valence-electron chi connectivity index (χ2n) is 7.23. The van der Waals surface area contributed by atoms with Gasteiger partial charge in [-0.15, -0.1) is 0 Å². The Kier molecular flexibility index (Phi) is 5.40. The van der Waals surface area contributed by atoms with Crippen LogP contribution < -0.4 is 15.8 Å². The molecule has 1 unspecified atom stereocenters. The summed E-state index contributed by atoms with van der Waals surface area (Å²) < 4.78 is 1.30. The largest absolute Gasteiger partial charge is 0.369 e. The predicted molar refractivity (Wildman–Crippen MR) is 104 cm³/mol. The Morgan fingerprint density at radius 3 is 2.65 bits per heavy atom. The van der Waals surface area contributed by atoms with Crippen molar-refractivity contribution in [3.63, 3.8) is 0 Å². The molecule has 0 radical (unpaired) electrons. The third-order valence-corrected chi connectivity index (χ3v) is 4.96. The van der Waals surface area contributed by atoms with E-state index in [1.165, 1.54) is 10.2 Å². The Morgan fingerprint density at radius 2 is 2.00 bits per heavy atom. The van der Waals surface area contributed by atoms with Crippen molar-refractivity contribution in [2.75, 3.05) is 23.3 Å². The number of anilines is 2. The van der Waals surface area contributed by atoms with Gasteiger partial charge in [0.2, 0.25) is 5.91 Å². The minimum absolute atomic E-state index is 0.0313. The highest BCUT2D eigenvalue weighted by molar-refractivity contribution is 5.93. The zero-order valence-electron chi connectivity index (χ0n) is 15.6. The molecule has 0 aliphatic carbocycles. The lowest BCUT2D eigenvalue weighted by atomic mass is 9.96. The van der Waals surface area contributed by atoms with Crippen LogP contribution in [-0.2, 0) is 11.8 Å². The first-order valence-corrected chi connectivity index (χ1v) is 9.13. The molecule has 2 heterocycles. The van der Waals surface area contributed by atoms with Gasteiger partial charge in [0, 0.05) is 31.9 Å². The number of aromatic nitrogens is 2. The maximum atomic E-state index is 12.7. The fourth-order valence-corrected chi connectivity index (χ4v) is 3.25. The van der Waals surface area contributed by atoms with Crippen molar-refractivity contribution in [2.45, 2.75) is 32.6 Å². The highest BCUT2D eigenvalue weighted by atomic mass is 16.2. The summed E-state index contributed by atoms with van der Waals surface area (Å²) in [5.41, 5.74) is 2.72. The lowest BCUT2D eigenvalue weighted by Crippen LogP contribution is -2.41. The number of hydrogen-bond acceptors (Lipinski definition) is 4. The molecule has 138 valence electrons. The molecule has 3 rings (SSSR count). The number of aryl methyl sites for hydroxylation is 1. The predicted octanol–water partition coefficient (Wildman–Crippen LogP) is 2.76. The Balaban J connectivity index is 1.65. The van der Waals surface area contributed by atoms with E-state index in [4.69, 9.17) is 0 Å². The van der Waals surface area contributed by atoms with Gasteiger partial charge in [0.25, 0.3) is 5.56 Å². The molecule has 1 atom stereocenters. The van der Waals surface area contributed by atoms with E-state index in [-0.39, 0.29) is 17.4 Å². The van der Waals surface area contributed by atoms with Crippen molar-refractivity contribution in [2.24, 2.45) is 13.0 Å². The average Bonchev–Trinajstić information content (AvgIpc) is 2.64. The Morgan fingerprint density at radius 1 is 1.27 bits per heavy atom. The fraction of sp³-hybridized carbons (Fsp3) is 0.450. The fourth-order valence-electron chi connectivity index (χ4n) is 3.25. The molecule has 1 N–H and O–H groups in total. The molecule has 1 amide bonds. The highest BCUT2D eigenvalue weighted by Crippen LogP contribution is 2.23. The smallest absolute Gasteiger partial charge is 0.268 e. The highest BCUT2D eigenvalue weighted by Gasteiger charge is 2.26. The second kappa shape index (κ2) is 7.72. The van der Waals surface area contributed by atoms with E-state index >= 15 is 0 Å². The number of piperidine rings is 1. The van der Waals surface area contributed by atoms with E-state index in [9.17, 15) is 9.59 Å². The molecule has 2 aromatic rings. The minimum atomic E-state index is -0.140. The normalized spacial score (nSPS) is 17.4. The van der Waals surface area contributed by atoms with Gasteiger partial charge in [-0.3, -0.25) is 9.59 Å². The van der Waals surface area contributed by atoms with Gasteiger partial charge in [0.1, 0.15) is 0 Å². The molecule has 26 heavy (non-hydrogen) atoms. The quantitative estimate of drug-likeness (QED) is 0.917.